The van der Waals surface area contributed by atoms with Crippen molar-refractivity contribution < 1.29 is 4.79 Å². The first kappa shape index (κ1) is 14.6. The molecule has 1 amide bonds. The Hall–Kier alpha value is -1.36. The van der Waals surface area contributed by atoms with Crippen LogP contribution in [-0.4, -0.2) is 28.5 Å². The maximum atomic E-state index is 12.4. The second kappa shape index (κ2) is 6.18. The molecular weight excluding hydrogens is 288 g/mol. The zero-order chi connectivity index (χ0) is 14.8. The highest BCUT2D eigenvalue weighted by atomic mass is 35.5. The lowest BCUT2D eigenvalue weighted by atomic mass is 10.0. The van der Waals surface area contributed by atoms with Gasteiger partial charge < -0.3 is 10.2 Å². The van der Waals surface area contributed by atoms with Crippen molar-refractivity contribution in [3.8, 4) is 0 Å². The molecule has 0 spiro atoms. The van der Waals surface area contributed by atoms with Crippen LogP contribution in [-0.2, 0) is 4.79 Å². The van der Waals surface area contributed by atoms with Crippen LogP contribution in [0.4, 0.5) is 11.5 Å². The molecule has 1 atom stereocenters. The molecule has 1 unspecified atom stereocenters. The highest BCUT2D eigenvalue weighted by Gasteiger charge is 2.33. The van der Waals surface area contributed by atoms with E-state index in [2.05, 4.69) is 27.1 Å². The fraction of sp³-hybridized carbons (Fsp3) is 0.667. The number of carbonyl (C=O) groups is 1. The molecule has 3 rings (SSSR count). The van der Waals surface area contributed by atoms with E-state index in [9.17, 15) is 4.79 Å². The van der Waals surface area contributed by atoms with Gasteiger partial charge in [0.05, 0.1) is 12.1 Å². The monoisotopic (exact) mass is 308 g/mol. The topological polar surface area (TPSA) is 58.1 Å². The Bertz CT molecular complexity index is 530. The van der Waals surface area contributed by atoms with E-state index < -0.39 is 0 Å². The average molecular weight is 309 g/mol. The summed E-state index contributed by atoms with van der Waals surface area (Å²) in [5.74, 6) is 0.863. The summed E-state index contributed by atoms with van der Waals surface area (Å²) in [6.45, 7) is 2.84. The number of nitrogens with one attached hydrogen (secondary N) is 1. The van der Waals surface area contributed by atoms with Crippen molar-refractivity contribution in [3.63, 3.8) is 0 Å². The summed E-state index contributed by atoms with van der Waals surface area (Å²) in [4.78, 5) is 23.1. The van der Waals surface area contributed by atoms with Crippen LogP contribution in [0, 0.1) is 5.92 Å². The van der Waals surface area contributed by atoms with Crippen molar-refractivity contribution >= 4 is 29.0 Å². The molecular formula is C15H21ClN4O. The smallest absolute Gasteiger partial charge is 0.229 e. The number of aromatic nitrogens is 2. The van der Waals surface area contributed by atoms with Gasteiger partial charge in [0, 0.05) is 12.6 Å². The molecule has 0 radical (unpaired) electrons. The summed E-state index contributed by atoms with van der Waals surface area (Å²) in [7, 11) is 0. The van der Waals surface area contributed by atoms with Gasteiger partial charge in [-0.15, -0.1) is 0 Å². The fourth-order valence-electron chi connectivity index (χ4n) is 3.41. The predicted octanol–water partition coefficient (Wildman–Crippen LogP) is 3.25. The fourth-order valence-corrected chi connectivity index (χ4v) is 3.54. The predicted molar refractivity (Wildman–Crippen MR) is 83.7 cm³/mol. The molecule has 1 aromatic rings. The van der Waals surface area contributed by atoms with E-state index >= 15 is 0 Å². The maximum absolute atomic E-state index is 12.4. The lowest BCUT2D eigenvalue weighted by Gasteiger charge is -2.31. The SMILES string of the molecule is CCCC1CN(C2CCCC2)c2nc(Cl)ncc2NC1=O. The molecule has 1 aliphatic carbocycles. The Balaban J connectivity index is 1.97. The number of hydrogen-bond acceptors (Lipinski definition) is 4. The first-order valence-electron chi connectivity index (χ1n) is 7.79. The van der Waals surface area contributed by atoms with Gasteiger partial charge in [0.15, 0.2) is 5.82 Å². The molecule has 1 aromatic heterocycles. The number of anilines is 2. The third-order valence-corrected chi connectivity index (χ3v) is 4.64. The second-order valence-electron chi connectivity index (χ2n) is 5.94. The Morgan fingerprint density at radius 1 is 1.43 bits per heavy atom. The molecule has 1 fully saturated rings. The highest BCUT2D eigenvalue weighted by molar-refractivity contribution is 6.28. The number of halogens is 1. The lowest BCUT2D eigenvalue weighted by Crippen LogP contribution is -2.39. The van der Waals surface area contributed by atoms with Gasteiger partial charge in [-0.3, -0.25) is 4.79 Å². The Morgan fingerprint density at radius 2 is 2.19 bits per heavy atom. The van der Waals surface area contributed by atoms with Crippen LogP contribution in [0.1, 0.15) is 45.4 Å². The quantitative estimate of drug-likeness (QED) is 0.871. The summed E-state index contributed by atoms with van der Waals surface area (Å²) in [5, 5.41) is 3.21. The van der Waals surface area contributed by atoms with Crippen LogP contribution >= 0.6 is 11.6 Å². The number of hydrogen-bond donors (Lipinski definition) is 1. The molecule has 0 aromatic carbocycles. The average Bonchev–Trinajstić information content (AvgIpc) is 2.95. The molecule has 1 saturated carbocycles. The molecule has 114 valence electrons. The van der Waals surface area contributed by atoms with E-state index in [0.717, 1.165) is 38.0 Å². The van der Waals surface area contributed by atoms with Crippen LogP contribution in [0.15, 0.2) is 6.20 Å². The number of carbonyl (C=O) groups excluding carboxylic acids is 1. The summed E-state index contributed by atoms with van der Waals surface area (Å²) in [6, 6.07) is 0.460. The van der Waals surface area contributed by atoms with Crippen molar-refractivity contribution in [1.29, 1.82) is 0 Å². The molecule has 0 bridgehead atoms. The Labute approximate surface area is 130 Å². The van der Waals surface area contributed by atoms with E-state index in [4.69, 9.17) is 11.6 Å². The minimum atomic E-state index is 0.00331. The zero-order valence-electron chi connectivity index (χ0n) is 12.3. The second-order valence-corrected chi connectivity index (χ2v) is 6.28. The summed E-state index contributed by atoms with van der Waals surface area (Å²) < 4.78 is 0. The standard InChI is InChI=1S/C15H21ClN4O/c1-2-5-10-9-20(11-6-3-4-7-11)13-12(18-14(10)21)8-17-15(16)19-13/h8,10-11H,2-7,9H2,1H3,(H,18,21). The van der Waals surface area contributed by atoms with E-state index in [1.165, 1.54) is 12.8 Å². The third-order valence-electron chi connectivity index (χ3n) is 4.46. The lowest BCUT2D eigenvalue weighted by molar-refractivity contribution is -0.119. The largest absolute Gasteiger partial charge is 0.351 e. The van der Waals surface area contributed by atoms with Crippen molar-refractivity contribution in [1.82, 2.24) is 9.97 Å². The van der Waals surface area contributed by atoms with E-state index in [-0.39, 0.29) is 17.1 Å². The van der Waals surface area contributed by atoms with Crippen molar-refractivity contribution in [2.24, 2.45) is 5.92 Å². The van der Waals surface area contributed by atoms with Crippen molar-refractivity contribution in [2.75, 3.05) is 16.8 Å². The Kier molecular flexibility index (Phi) is 4.29. The van der Waals surface area contributed by atoms with Gasteiger partial charge in [0.25, 0.3) is 0 Å². The highest BCUT2D eigenvalue weighted by Crippen LogP contribution is 2.35. The van der Waals surface area contributed by atoms with Gasteiger partial charge in [0.2, 0.25) is 11.2 Å². The third kappa shape index (κ3) is 2.98. The normalized spacial score (nSPS) is 22.9. The van der Waals surface area contributed by atoms with E-state index in [0.29, 0.717) is 11.7 Å². The maximum Gasteiger partial charge on any atom is 0.229 e. The number of amides is 1. The van der Waals surface area contributed by atoms with Crippen molar-refractivity contribution in [3.05, 3.63) is 11.5 Å². The van der Waals surface area contributed by atoms with Crippen LogP contribution in [0.3, 0.4) is 0 Å². The summed E-state index contributed by atoms with van der Waals surface area (Å²) >= 11 is 5.97. The summed E-state index contributed by atoms with van der Waals surface area (Å²) in [5.41, 5.74) is 0.690. The first-order chi connectivity index (χ1) is 10.2. The molecule has 6 heteroatoms. The van der Waals surface area contributed by atoms with Gasteiger partial charge in [-0.25, -0.2) is 4.98 Å². The van der Waals surface area contributed by atoms with Gasteiger partial charge in [-0.05, 0) is 30.9 Å². The van der Waals surface area contributed by atoms with Crippen LogP contribution in [0.2, 0.25) is 5.28 Å². The summed E-state index contributed by atoms with van der Waals surface area (Å²) in [6.07, 6.45) is 8.33. The molecule has 0 saturated heterocycles. The number of rotatable bonds is 3. The molecule has 1 N–H and O–H groups in total. The van der Waals surface area contributed by atoms with Gasteiger partial charge in [-0.2, -0.15) is 4.98 Å². The number of nitrogens with zero attached hydrogens (tertiary/aromatic N) is 3. The van der Waals surface area contributed by atoms with E-state index in [1.54, 1.807) is 6.20 Å². The van der Waals surface area contributed by atoms with Gasteiger partial charge in [-0.1, -0.05) is 26.2 Å². The van der Waals surface area contributed by atoms with Crippen LogP contribution in [0.25, 0.3) is 0 Å². The zero-order valence-corrected chi connectivity index (χ0v) is 13.1. The van der Waals surface area contributed by atoms with Gasteiger partial charge >= 0.3 is 0 Å². The molecule has 2 aliphatic rings. The Morgan fingerprint density at radius 3 is 2.90 bits per heavy atom. The molecule has 5 nitrogen and oxygen atoms in total. The minimum absolute atomic E-state index is 0.00331. The number of fused-ring (bicyclic) bond motifs is 1. The van der Waals surface area contributed by atoms with Gasteiger partial charge in [0.1, 0.15) is 5.69 Å². The van der Waals surface area contributed by atoms with Crippen LogP contribution in [0.5, 0.6) is 0 Å². The molecule has 1 aliphatic heterocycles. The van der Waals surface area contributed by atoms with Crippen LogP contribution < -0.4 is 10.2 Å². The molecule has 21 heavy (non-hydrogen) atoms. The van der Waals surface area contributed by atoms with E-state index in [1.807, 2.05) is 0 Å². The first-order valence-corrected chi connectivity index (χ1v) is 8.17. The minimum Gasteiger partial charge on any atom is -0.351 e. The molecule has 2 heterocycles. The van der Waals surface area contributed by atoms with Crippen molar-refractivity contribution in [2.45, 2.75) is 51.5 Å².